The molecule has 0 amide bonds. The van der Waals surface area contributed by atoms with Gasteiger partial charge in [0.15, 0.2) is 0 Å². The van der Waals surface area contributed by atoms with Gasteiger partial charge in [-0.15, -0.1) is 0 Å². The van der Waals surface area contributed by atoms with Crippen LogP contribution in [0.3, 0.4) is 0 Å². The highest BCUT2D eigenvalue weighted by molar-refractivity contribution is 6.28. The molecule has 0 radical (unpaired) electrons. The van der Waals surface area contributed by atoms with Crippen LogP contribution in [-0.4, -0.2) is 4.57 Å². The fraction of sp³-hybridized carbons (Fsp3) is 0. The van der Waals surface area contributed by atoms with E-state index < -0.39 is 0 Å². The second-order valence-electron chi connectivity index (χ2n) is 15.2. The van der Waals surface area contributed by atoms with Crippen molar-refractivity contribution in [3.05, 3.63) is 212 Å². The molecule has 0 bridgehead atoms. The topological polar surface area (TPSA) is 4.93 Å². The van der Waals surface area contributed by atoms with Crippen molar-refractivity contribution in [1.29, 1.82) is 0 Å². The molecule has 1 heterocycles. The molecule has 0 saturated carbocycles. The van der Waals surface area contributed by atoms with E-state index in [9.17, 15) is 0 Å². The lowest BCUT2D eigenvalue weighted by Gasteiger charge is -2.19. The fourth-order valence-electron chi connectivity index (χ4n) is 9.56. The summed E-state index contributed by atoms with van der Waals surface area (Å²) in [5.74, 6) is 0. The van der Waals surface area contributed by atoms with E-state index in [4.69, 9.17) is 0 Å². The molecule has 12 aromatic rings. The molecule has 11 aromatic carbocycles. The minimum atomic E-state index is 1.15. The molecule has 1 aromatic heterocycles. The molecule has 1 nitrogen and oxygen atoms in total. The Morgan fingerprint density at radius 3 is 1.37 bits per heavy atom. The number of benzene rings is 11. The van der Waals surface area contributed by atoms with Crippen molar-refractivity contribution in [3.63, 3.8) is 0 Å². The van der Waals surface area contributed by atoms with Crippen molar-refractivity contribution >= 4 is 75.7 Å². The average Bonchev–Trinajstić information content (AvgIpc) is 3.64. The SMILES string of the molecule is c1ccc(-c2ccc3c(-c4ccc(-n5c6ccc7ccccc7c6c6c7ccccc7ccc65)cc4)c4ccccc4c(-c4ccc5ccccc5c4)c3c2)cc1. The van der Waals surface area contributed by atoms with Gasteiger partial charge in [0.05, 0.1) is 11.0 Å². The van der Waals surface area contributed by atoms with E-state index in [0.717, 1.165) is 5.69 Å². The summed E-state index contributed by atoms with van der Waals surface area (Å²) in [6.45, 7) is 0. The summed E-state index contributed by atoms with van der Waals surface area (Å²) in [6, 6.07) is 78.4. The smallest absolute Gasteiger partial charge is 0.0547 e. The molecule has 264 valence electrons. The molecule has 0 atom stereocenters. The number of rotatable bonds is 4. The highest BCUT2D eigenvalue weighted by Gasteiger charge is 2.20. The minimum absolute atomic E-state index is 1.15. The van der Waals surface area contributed by atoms with Gasteiger partial charge in [-0.1, -0.05) is 176 Å². The fourth-order valence-corrected chi connectivity index (χ4v) is 9.56. The Kier molecular flexibility index (Phi) is 7.00. The van der Waals surface area contributed by atoms with Gasteiger partial charge < -0.3 is 4.57 Å². The van der Waals surface area contributed by atoms with Crippen molar-refractivity contribution in [2.45, 2.75) is 0 Å². The monoisotopic (exact) mass is 721 g/mol. The van der Waals surface area contributed by atoms with Crippen molar-refractivity contribution in [2.24, 2.45) is 0 Å². The molecule has 0 aliphatic heterocycles. The summed E-state index contributed by atoms with van der Waals surface area (Å²) < 4.78 is 2.46. The highest BCUT2D eigenvalue weighted by Crippen LogP contribution is 2.46. The molecule has 0 N–H and O–H groups in total. The average molecular weight is 722 g/mol. The van der Waals surface area contributed by atoms with Crippen LogP contribution < -0.4 is 0 Å². The number of fused-ring (bicyclic) bond motifs is 10. The molecule has 12 rings (SSSR count). The Balaban J connectivity index is 1.11. The lowest BCUT2D eigenvalue weighted by Crippen LogP contribution is -1.95. The highest BCUT2D eigenvalue weighted by atomic mass is 15.0. The van der Waals surface area contributed by atoms with Gasteiger partial charge in [-0.3, -0.25) is 0 Å². The summed E-state index contributed by atoms with van der Waals surface area (Å²) in [4.78, 5) is 0. The van der Waals surface area contributed by atoms with E-state index in [1.54, 1.807) is 0 Å². The van der Waals surface area contributed by atoms with Crippen molar-refractivity contribution in [1.82, 2.24) is 4.57 Å². The molecule has 0 aliphatic rings. The molecule has 0 aliphatic carbocycles. The zero-order chi connectivity index (χ0) is 37.5. The first-order chi connectivity index (χ1) is 28.3. The van der Waals surface area contributed by atoms with Crippen LogP contribution >= 0.6 is 0 Å². The second-order valence-corrected chi connectivity index (χ2v) is 15.2. The maximum absolute atomic E-state index is 2.46. The Bertz CT molecular complexity index is 3460. The van der Waals surface area contributed by atoms with Gasteiger partial charge in [0.25, 0.3) is 0 Å². The van der Waals surface area contributed by atoms with E-state index in [1.165, 1.54) is 109 Å². The zero-order valence-corrected chi connectivity index (χ0v) is 31.2. The summed E-state index contributed by atoms with van der Waals surface area (Å²) in [5, 5.41) is 15.2. The molecule has 0 saturated heterocycles. The van der Waals surface area contributed by atoms with E-state index in [2.05, 4.69) is 217 Å². The molecule has 57 heavy (non-hydrogen) atoms. The summed E-state index contributed by atoms with van der Waals surface area (Å²) in [7, 11) is 0. The van der Waals surface area contributed by atoms with Gasteiger partial charge in [0.1, 0.15) is 0 Å². The van der Waals surface area contributed by atoms with E-state index in [1.807, 2.05) is 0 Å². The summed E-state index contributed by atoms with van der Waals surface area (Å²) in [6.07, 6.45) is 0. The lowest BCUT2D eigenvalue weighted by molar-refractivity contribution is 1.18. The standard InChI is InChI=1S/C56H35N/c1-2-12-36(13-3-1)42-26-31-49-50(35-42)54(43-23-22-37-14-4-5-17-41(37)34-43)48-21-11-10-20-47(48)53(49)40-24-29-44(30-25-40)57-51-32-27-38-15-6-8-18-45(38)55(51)56-46-19-9-7-16-39(46)28-33-52(56)57/h1-35H. The van der Waals surface area contributed by atoms with E-state index >= 15 is 0 Å². The van der Waals surface area contributed by atoms with Crippen LogP contribution in [0.1, 0.15) is 0 Å². The third-order valence-electron chi connectivity index (χ3n) is 12.1. The first-order valence-electron chi connectivity index (χ1n) is 19.8. The Morgan fingerprint density at radius 1 is 0.246 bits per heavy atom. The van der Waals surface area contributed by atoms with E-state index in [-0.39, 0.29) is 0 Å². The molecule has 0 spiro atoms. The number of hydrogen-bond acceptors (Lipinski definition) is 0. The quantitative estimate of drug-likeness (QED) is 0.160. The Labute approximate surface area is 330 Å². The normalized spacial score (nSPS) is 11.9. The zero-order valence-electron chi connectivity index (χ0n) is 31.2. The van der Waals surface area contributed by atoms with Gasteiger partial charge in [0.2, 0.25) is 0 Å². The third-order valence-corrected chi connectivity index (χ3v) is 12.1. The number of aromatic nitrogens is 1. The summed E-state index contributed by atoms with van der Waals surface area (Å²) >= 11 is 0. The van der Waals surface area contributed by atoms with Crippen LogP contribution in [-0.2, 0) is 0 Å². The van der Waals surface area contributed by atoms with Crippen LogP contribution in [0.2, 0.25) is 0 Å². The first-order valence-corrected chi connectivity index (χ1v) is 19.8. The van der Waals surface area contributed by atoms with Gasteiger partial charge in [-0.05, 0) is 124 Å². The lowest BCUT2D eigenvalue weighted by atomic mass is 9.84. The van der Waals surface area contributed by atoms with Gasteiger partial charge in [-0.2, -0.15) is 0 Å². The van der Waals surface area contributed by atoms with Crippen molar-refractivity contribution < 1.29 is 0 Å². The van der Waals surface area contributed by atoms with E-state index in [0.29, 0.717) is 0 Å². The van der Waals surface area contributed by atoms with Crippen LogP contribution in [0, 0.1) is 0 Å². The van der Waals surface area contributed by atoms with Crippen LogP contribution in [0.4, 0.5) is 0 Å². The molecular weight excluding hydrogens is 687 g/mol. The Hall–Kier alpha value is -7.48. The van der Waals surface area contributed by atoms with Crippen molar-refractivity contribution in [2.75, 3.05) is 0 Å². The maximum Gasteiger partial charge on any atom is 0.0547 e. The maximum atomic E-state index is 2.46. The largest absolute Gasteiger partial charge is 0.309 e. The predicted octanol–water partition coefficient (Wildman–Crippen LogP) is 15.6. The third kappa shape index (κ3) is 4.89. The minimum Gasteiger partial charge on any atom is -0.309 e. The van der Waals surface area contributed by atoms with Gasteiger partial charge in [-0.25, -0.2) is 0 Å². The molecular formula is C56H35N. The van der Waals surface area contributed by atoms with Crippen molar-refractivity contribution in [3.8, 4) is 39.1 Å². The predicted molar refractivity (Wildman–Crippen MR) is 245 cm³/mol. The molecule has 0 unspecified atom stereocenters. The summed E-state index contributed by atoms with van der Waals surface area (Å²) in [5.41, 5.74) is 11.0. The number of nitrogens with zero attached hydrogens (tertiary/aromatic N) is 1. The molecule has 0 fully saturated rings. The molecule has 1 heteroatoms. The number of hydrogen-bond donors (Lipinski definition) is 0. The second kappa shape index (κ2) is 12.5. The first kappa shape index (κ1) is 31.8. The van der Waals surface area contributed by atoms with Gasteiger partial charge in [0, 0.05) is 16.5 Å². The van der Waals surface area contributed by atoms with Crippen LogP contribution in [0.5, 0.6) is 0 Å². The van der Waals surface area contributed by atoms with Crippen LogP contribution in [0.15, 0.2) is 212 Å². The van der Waals surface area contributed by atoms with Gasteiger partial charge >= 0.3 is 0 Å². The Morgan fingerprint density at radius 2 is 0.719 bits per heavy atom. The van der Waals surface area contributed by atoms with Crippen LogP contribution in [0.25, 0.3) is 115 Å².